The van der Waals surface area contributed by atoms with E-state index in [4.69, 9.17) is 23.2 Å². The van der Waals surface area contributed by atoms with Gasteiger partial charge in [0.1, 0.15) is 6.04 Å². The molecule has 28 heavy (non-hydrogen) atoms. The van der Waals surface area contributed by atoms with Crippen molar-refractivity contribution in [1.82, 2.24) is 10.2 Å². The SMILES string of the molecule is CCCNC(=O)[C@H](CC)N(Cc1ccccc1Cl)C(=O)Cc1ccc(Cl)cc1. The van der Waals surface area contributed by atoms with Crippen molar-refractivity contribution in [3.8, 4) is 0 Å². The van der Waals surface area contributed by atoms with Gasteiger partial charge in [-0.3, -0.25) is 9.59 Å². The summed E-state index contributed by atoms with van der Waals surface area (Å²) < 4.78 is 0. The van der Waals surface area contributed by atoms with Gasteiger partial charge < -0.3 is 10.2 Å². The molecule has 0 aromatic heterocycles. The molecule has 0 saturated carbocycles. The molecule has 0 aliphatic carbocycles. The number of carbonyl (C=O) groups is 2. The van der Waals surface area contributed by atoms with Crippen molar-refractivity contribution < 1.29 is 9.59 Å². The molecule has 2 amide bonds. The number of amides is 2. The summed E-state index contributed by atoms with van der Waals surface area (Å²) in [5.74, 6) is -0.262. The molecule has 4 nitrogen and oxygen atoms in total. The van der Waals surface area contributed by atoms with E-state index in [2.05, 4.69) is 5.32 Å². The highest BCUT2D eigenvalue weighted by Crippen LogP contribution is 2.21. The van der Waals surface area contributed by atoms with Crippen LogP contribution in [0.15, 0.2) is 48.5 Å². The highest BCUT2D eigenvalue weighted by Gasteiger charge is 2.28. The van der Waals surface area contributed by atoms with Gasteiger partial charge in [0.15, 0.2) is 0 Å². The van der Waals surface area contributed by atoms with Crippen LogP contribution in [0.4, 0.5) is 0 Å². The van der Waals surface area contributed by atoms with Gasteiger partial charge in [0.25, 0.3) is 0 Å². The first kappa shape index (κ1) is 22.3. The third kappa shape index (κ3) is 6.25. The Morgan fingerprint density at radius 2 is 1.71 bits per heavy atom. The van der Waals surface area contributed by atoms with Crippen LogP contribution < -0.4 is 5.32 Å². The van der Waals surface area contributed by atoms with Gasteiger partial charge in [0.05, 0.1) is 6.42 Å². The summed E-state index contributed by atoms with van der Waals surface area (Å²) in [6, 6.07) is 14.0. The number of hydrogen-bond acceptors (Lipinski definition) is 2. The molecule has 2 aromatic rings. The van der Waals surface area contributed by atoms with Gasteiger partial charge in [-0.2, -0.15) is 0 Å². The van der Waals surface area contributed by atoms with E-state index in [1.807, 2.05) is 44.2 Å². The highest BCUT2D eigenvalue weighted by molar-refractivity contribution is 6.31. The number of carbonyl (C=O) groups excluding carboxylic acids is 2. The summed E-state index contributed by atoms with van der Waals surface area (Å²) in [5.41, 5.74) is 1.66. The van der Waals surface area contributed by atoms with Crippen LogP contribution >= 0.6 is 23.2 Å². The van der Waals surface area contributed by atoms with Crippen molar-refractivity contribution >= 4 is 35.0 Å². The van der Waals surface area contributed by atoms with Crippen molar-refractivity contribution in [2.45, 2.75) is 45.7 Å². The summed E-state index contributed by atoms with van der Waals surface area (Å²) in [6.07, 6.45) is 1.55. The van der Waals surface area contributed by atoms with Gasteiger partial charge in [-0.15, -0.1) is 0 Å². The minimum atomic E-state index is -0.553. The zero-order valence-electron chi connectivity index (χ0n) is 16.3. The van der Waals surface area contributed by atoms with Crippen molar-refractivity contribution in [1.29, 1.82) is 0 Å². The lowest BCUT2D eigenvalue weighted by Gasteiger charge is -2.31. The second kappa shape index (κ2) is 11.1. The fourth-order valence-corrected chi connectivity index (χ4v) is 3.30. The minimum absolute atomic E-state index is 0.124. The smallest absolute Gasteiger partial charge is 0.242 e. The first-order valence-corrected chi connectivity index (χ1v) is 10.3. The fraction of sp³-hybridized carbons (Fsp3) is 0.364. The molecular weight excluding hydrogens is 395 g/mol. The lowest BCUT2D eigenvalue weighted by molar-refractivity contribution is -0.140. The van der Waals surface area contributed by atoms with Crippen LogP contribution in [0.2, 0.25) is 10.0 Å². The summed E-state index contributed by atoms with van der Waals surface area (Å²) >= 11 is 12.2. The second-order valence-electron chi connectivity index (χ2n) is 6.63. The Balaban J connectivity index is 2.27. The summed E-state index contributed by atoms with van der Waals surface area (Å²) in [6.45, 7) is 4.77. The van der Waals surface area contributed by atoms with Crippen LogP contribution in [-0.4, -0.2) is 29.3 Å². The standard InChI is InChI=1S/C22H26Cl2N2O2/c1-3-13-25-22(28)20(4-2)26(15-17-7-5-6-8-19(17)24)21(27)14-16-9-11-18(23)12-10-16/h5-12,20H,3-4,13-15H2,1-2H3,(H,25,28)/t20-/m0/s1. The van der Waals surface area contributed by atoms with Crippen LogP contribution in [0, 0.1) is 0 Å². The Morgan fingerprint density at radius 1 is 1.04 bits per heavy atom. The molecule has 0 unspecified atom stereocenters. The number of halogens is 2. The van der Waals surface area contributed by atoms with E-state index in [9.17, 15) is 9.59 Å². The van der Waals surface area contributed by atoms with Crippen LogP contribution in [0.25, 0.3) is 0 Å². The Hall–Kier alpha value is -2.04. The van der Waals surface area contributed by atoms with E-state index in [0.717, 1.165) is 17.5 Å². The van der Waals surface area contributed by atoms with Gasteiger partial charge >= 0.3 is 0 Å². The average Bonchev–Trinajstić information content (AvgIpc) is 2.69. The molecule has 2 rings (SSSR count). The predicted octanol–water partition coefficient (Wildman–Crippen LogP) is 4.87. The van der Waals surface area contributed by atoms with Crippen LogP contribution in [0.3, 0.4) is 0 Å². The largest absolute Gasteiger partial charge is 0.354 e. The maximum Gasteiger partial charge on any atom is 0.242 e. The number of hydrogen-bond donors (Lipinski definition) is 1. The fourth-order valence-electron chi connectivity index (χ4n) is 2.97. The molecule has 2 aromatic carbocycles. The van der Waals surface area contributed by atoms with Gasteiger partial charge in [-0.1, -0.05) is 67.4 Å². The van der Waals surface area contributed by atoms with Crippen LogP contribution in [-0.2, 0) is 22.6 Å². The molecule has 1 N–H and O–H groups in total. The van der Waals surface area contributed by atoms with E-state index < -0.39 is 6.04 Å². The monoisotopic (exact) mass is 420 g/mol. The third-order valence-electron chi connectivity index (χ3n) is 4.50. The number of benzene rings is 2. The summed E-state index contributed by atoms with van der Waals surface area (Å²) in [7, 11) is 0. The summed E-state index contributed by atoms with van der Waals surface area (Å²) in [5, 5.41) is 4.11. The maximum atomic E-state index is 13.2. The molecule has 0 aliphatic rings. The lowest BCUT2D eigenvalue weighted by Crippen LogP contribution is -2.49. The van der Waals surface area contributed by atoms with E-state index in [-0.39, 0.29) is 24.8 Å². The first-order valence-electron chi connectivity index (χ1n) is 9.51. The Bertz CT molecular complexity index is 793. The van der Waals surface area contributed by atoms with Gasteiger partial charge in [-0.25, -0.2) is 0 Å². The highest BCUT2D eigenvalue weighted by atomic mass is 35.5. The van der Waals surface area contributed by atoms with E-state index >= 15 is 0 Å². The molecule has 0 saturated heterocycles. The molecule has 0 heterocycles. The van der Waals surface area contributed by atoms with Crippen molar-refractivity contribution in [2.75, 3.05) is 6.54 Å². The molecular formula is C22H26Cl2N2O2. The Kier molecular flexibility index (Phi) is 8.81. The maximum absolute atomic E-state index is 13.2. The minimum Gasteiger partial charge on any atom is -0.354 e. The number of nitrogens with zero attached hydrogens (tertiary/aromatic N) is 1. The molecule has 150 valence electrons. The molecule has 0 radical (unpaired) electrons. The molecule has 0 fully saturated rings. The quantitative estimate of drug-likeness (QED) is 0.628. The number of nitrogens with one attached hydrogen (secondary N) is 1. The average molecular weight is 421 g/mol. The third-order valence-corrected chi connectivity index (χ3v) is 5.12. The zero-order chi connectivity index (χ0) is 20.5. The lowest BCUT2D eigenvalue weighted by atomic mass is 10.1. The van der Waals surface area contributed by atoms with Gasteiger partial charge in [0.2, 0.25) is 11.8 Å². The topological polar surface area (TPSA) is 49.4 Å². The Labute approximate surface area is 176 Å². The molecule has 0 bridgehead atoms. The second-order valence-corrected chi connectivity index (χ2v) is 7.48. The first-order chi connectivity index (χ1) is 13.5. The van der Waals surface area contributed by atoms with Gasteiger partial charge in [-0.05, 0) is 42.2 Å². The zero-order valence-corrected chi connectivity index (χ0v) is 17.8. The van der Waals surface area contributed by atoms with E-state index in [1.54, 1.807) is 23.1 Å². The molecule has 0 aliphatic heterocycles. The van der Waals surface area contributed by atoms with E-state index in [1.165, 1.54) is 0 Å². The normalized spacial score (nSPS) is 11.7. The van der Waals surface area contributed by atoms with Crippen molar-refractivity contribution in [3.63, 3.8) is 0 Å². The predicted molar refractivity (Wildman–Crippen MR) is 115 cm³/mol. The summed E-state index contributed by atoms with van der Waals surface area (Å²) in [4.78, 5) is 27.5. The Morgan fingerprint density at radius 3 is 2.32 bits per heavy atom. The van der Waals surface area contributed by atoms with Crippen molar-refractivity contribution in [3.05, 3.63) is 69.7 Å². The van der Waals surface area contributed by atoms with Crippen molar-refractivity contribution in [2.24, 2.45) is 0 Å². The van der Waals surface area contributed by atoms with E-state index in [0.29, 0.717) is 23.0 Å². The van der Waals surface area contributed by atoms with Gasteiger partial charge in [0, 0.05) is 23.1 Å². The van der Waals surface area contributed by atoms with Crippen LogP contribution in [0.1, 0.15) is 37.8 Å². The molecule has 0 spiro atoms. The molecule has 1 atom stereocenters. The number of rotatable bonds is 9. The molecule has 6 heteroatoms. The van der Waals surface area contributed by atoms with Crippen LogP contribution in [0.5, 0.6) is 0 Å².